The minimum atomic E-state index is -1.20. The molecule has 3 aromatic carbocycles. The molecule has 1 aliphatic heterocycles. The van der Waals surface area contributed by atoms with Crippen molar-refractivity contribution in [2.75, 3.05) is 35.3 Å². The van der Waals surface area contributed by atoms with Crippen molar-refractivity contribution in [1.82, 2.24) is 5.32 Å². The van der Waals surface area contributed by atoms with E-state index in [0.717, 1.165) is 11.1 Å². The van der Waals surface area contributed by atoms with E-state index in [9.17, 15) is 24.0 Å². The largest absolute Gasteiger partial charge is 0.465 e. The second-order valence-electron chi connectivity index (χ2n) is 12.0. The molecule has 0 saturated heterocycles. The first-order chi connectivity index (χ1) is 20.7. The fourth-order valence-electron chi connectivity index (χ4n) is 5.08. The number of ether oxygens (including phenoxy) is 1. The van der Waals surface area contributed by atoms with E-state index >= 15 is 0 Å². The van der Waals surface area contributed by atoms with Gasteiger partial charge in [0, 0.05) is 16.7 Å². The maximum Gasteiger partial charge on any atom is 0.338 e. The number of fused-ring (bicyclic) bond motifs is 1. The molecule has 4 rings (SSSR count). The van der Waals surface area contributed by atoms with Gasteiger partial charge < -0.3 is 25.2 Å². The summed E-state index contributed by atoms with van der Waals surface area (Å²) in [6, 6.07) is 15.3. The van der Waals surface area contributed by atoms with Crippen molar-refractivity contribution in [2.24, 2.45) is 5.41 Å². The van der Waals surface area contributed by atoms with Crippen LogP contribution >= 0.6 is 0 Å². The van der Waals surface area contributed by atoms with Crippen molar-refractivity contribution in [3.8, 4) is 0 Å². The van der Waals surface area contributed by atoms with E-state index in [1.165, 1.54) is 23.0 Å². The van der Waals surface area contributed by atoms with Crippen molar-refractivity contribution in [3.05, 3.63) is 88.5 Å². The number of hydrogen-bond donors (Lipinski definition) is 2. The van der Waals surface area contributed by atoms with Crippen LogP contribution in [0.5, 0.6) is 0 Å². The van der Waals surface area contributed by atoms with E-state index in [1.54, 1.807) is 64.1 Å². The Labute approximate surface area is 257 Å². The first-order valence-electron chi connectivity index (χ1n) is 14.3. The number of benzene rings is 3. The van der Waals surface area contributed by atoms with Crippen molar-refractivity contribution in [1.29, 1.82) is 0 Å². The summed E-state index contributed by atoms with van der Waals surface area (Å²) < 4.78 is 4.83. The Bertz CT molecular complexity index is 1640. The van der Waals surface area contributed by atoms with Crippen LogP contribution in [0.3, 0.4) is 0 Å². The molecule has 230 valence electrons. The molecule has 10 nitrogen and oxygen atoms in total. The number of nitrogens with zero attached hydrogens (tertiary/aromatic N) is 2. The summed E-state index contributed by atoms with van der Waals surface area (Å²) in [5.74, 6) is -1.63. The fourth-order valence-corrected chi connectivity index (χ4v) is 5.08. The van der Waals surface area contributed by atoms with E-state index in [1.807, 2.05) is 32.0 Å². The molecule has 1 unspecified atom stereocenters. The van der Waals surface area contributed by atoms with Gasteiger partial charge in [0.2, 0.25) is 5.91 Å². The highest BCUT2D eigenvalue weighted by Crippen LogP contribution is 2.36. The quantitative estimate of drug-likeness (QED) is 0.297. The third-order valence-corrected chi connectivity index (χ3v) is 7.48. The van der Waals surface area contributed by atoms with E-state index in [4.69, 9.17) is 4.74 Å². The van der Waals surface area contributed by atoms with Crippen LogP contribution in [0.4, 0.5) is 21.9 Å². The molecule has 0 saturated carbocycles. The van der Waals surface area contributed by atoms with E-state index in [2.05, 4.69) is 10.6 Å². The molecule has 10 heteroatoms. The van der Waals surface area contributed by atoms with Crippen LogP contribution < -0.4 is 20.4 Å². The zero-order valence-electron chi connectivity index (χ0n) is 26.1. The monoisotopic (exact) mass is 598 g/mol. The van der Waals surface area contributed by atoms with Crippen molar-refractivity contribution in [2.45, 2.75) is 47.6 Å². The average Bonchev–Trinajstić information content (AvgIpc) is 3.07. The zero-order chi connectivity index (χ0) is 32.3. The molecule has 3 aromatic rings. The van der Waals surface area contributed by atoms with Gasteiger partial charge >= 0.3 is 12.0 Å². The van der Waals surface area contributed by atoms with Gasteiger partial charge in [-0.15, -0.1) is 0 Å². The number of anilines is 3. The van der Waals surface area contributed by atoms with Gasteiger partial charge in [-0.25, -0.2) is 9.59 Å². The lowest BCUT2D eigenvalue weighted by atomic mass is 9.94. The van der Waals surface area contributed by atoms with Gasteiger partial charge in [-0.05, 0) is 61.7 Å². The van der Waals surface area contributed by atoms with Gasteiger partial charge in [-0.1, -0.05) is 57.2 Å². The molecule has 1 heterocycles. The maximum atomic E-state index is 14.2. The predicted molar refractivity (Wildman–Crippen MR) is 169 cm³/mol. The fraction of sp³-hybridized carbons (Fsp3) is 0.324. The smallest absolute Gasteiger partial charge is 0.338 e. The Morgan fingerprint density at radius 3 is 2.23 bits per heavy atom. The zero-order valence-corrected chi connectivity index (χ0v) is 26.1. The molecule has 0 spiro atoms. The van der Waals surface area contributed by atoms with Gasteiger partial charge in [0.25, 0.3) is 5.91 Å². The molecule has 1 atom stereocenters. The maximum absolute atomic E-state index is 14.2. The second-order valence-corrected chi connectivity index (χ2v) is 12.0. The summed E-state index contributed by atoms with van der Waals surface area (Å²) in [6.45, 7) is 10.3. The highest BCUT2D eigenvalue weighted by Gasteiger charge is 2.40. The number of ketones is 1. The summed E-state index contributed by atoms with van der Waals surface area (Å²) in [6.07, 6.45) is 0. The van der Waals surface area contributed by atoms with Crippen LogP contribution in [-0.2, 0) is 14.3 Å². The summed E-state index contributed by atoms with van der Waals surface area (Å²) >= 11 is 0. The highest BCUT2D eigenvalue weighted by atomic mass is 16.5. The summed E-state index contributed by atoms with van der Waals surface area (Å²) in [5.41, 5.74) is 3.39. The number of nitrogens with one attached hydrogen (secondary N) is 2. The Balaban J connectivity index is 1.73. The standard InChI is InChI=1S/C34H38N4O6/c1-20-12-15-27-28(16-20)37(19-29(39)24-11-9-8-10-21(24)2)30(40)26(18-38(27)32(42)34(4,5)6)36-33(43)35-23-14-13-22(3)25(17-23)31(41)44-7/h8-17,26H,18-19H2,1-7H3,(H2,35,36,43). The minimum Gasteiger partial charge on any atom is -0.465 e. The number of carbonyl (C=O) groups is 5. The van der Waals surface area contributed by atoms with Gasteiger partial charge in [-0.2, -0.15) is 0 Å². The molecule has 4 amide bonds. The average molecular weight is 599 g/mol. The van der Waals surface area contributed by atoms with Gasteiger partial charge in [0.1, 0.15) is 6.04 Å². The number of hydrogen-bond acceptors (Lipinski definition) is 6. The normalized spacial score (nSPS) is 14.8. The van der Waals surface area contributed by atoms with Crippen molar-refractivity contribution in [3.63, 3.8) is 0 Å². The molecule has 1 aliphatic rings. The van der Waals surface area contributed by atoms with Gasteiger partial charge in [-0.3, -0.25) is 14.4 Å². The topological polar surface area (TPSA) is 125 Å². The van der Waals surface area contributed by atoms with Gasteiger partial charge in [0.05, 0.1) is 37.1 Å². The van der Waals surface area contributed by atoms with Crippen LogP contribution in [0.25, 0.3) is 0 Å². The van der Waals surface area contributed by atoms with E-state index in [0.29, 0.717) is 28.2 Å². The molecular weight excluding hydrogens is 560 g/mol. The summed E-state index contributed by atoms with van der Waals surface area (Å²) in [5, 5.41) is 5.38. The number of rotatable bonds is 6. The Morgan fingerprint density at radius 2 is 1.57 bits per heavy atom. The number of carbonyl (C=O) groups excluding carboxylic acids is 5. The Hall–Kier alpha value is -4.99. The summed E-state index contributed by atoms with van der Waals surface area (Å²) in [7, 11) is 1.27. The SMILES string of the molecule is COC(=O)c1cc(NC(=O)NC2CN(C(=O)C(C)(C)C)c3ccc(C)cc3N(CC(=O)c3ccccc3C)C2=O)ccc1C. The van der Waals surface area contributed by atoms with E-state index < -0.39 is 29.4 Å². The molecular formula is C34H38N4O6. The molecule has 0 radical (unpaired) electrons. The predicted octanol–water partition coefficient (Wildman–Crippen LogP) is 5.20. The first-order valence-corrected chi connectivity index (χ1v) is 14.3. The van der Waals surface area contributed by atoms with Crippen molar-refractivity contribution >= 4 is 46.7 Å². The number of esters is 1. The number of amides is 4. The van der Waals surface area contributed by atoms with Crippen LogP contribution in [0, 0.1) is 26.2 Å². The Morgan fingerprint density at radius 1 is 0.886 bits per heavy atom. The molecule has 0 fully saturated rings. The lowest BCUT2D eigenvalue weighted by Crippen LogP contribution is -2.55. The van der Waals surface area contributed by atoms with Crippen LogP contribution in [0.15, 0.2) is 60.7 Å². The Kier molecular flexibility index (Phi) is 9.22. The highest BCUT2D eigenvalue weighted by molar-refractivity contribution is 6.13. The number of methoxy groups -OCH3 is 1. The number of urea groups is 1. The minimum absolute atomic E-state index is 0.158. The summed E-state index contributed by atoms with van der Waals surface area (Å²) in [4.78, 5) is 69.9. The molecule has 2 N–H and O–H groups in total. The second kappa shape index (κ2) is 12.7. The molecule has 0 bridgehead atoms. The molecule has 0 aromatic heterocycles. The lowest BCUT2D eigenvalue weighted by Gasteiger charge is -2.31. The number of aryl methyl sites for hydroxylation is 3. The van der Waals surface area contributed by atoms with Crippen LogP contribution in [-0.4, -0.2) is 55.8 Å². The van der Waals surface area contributed by atoms with Gasteiger partial charge in [0.15, 0.2) is 5.78 Å². The molecule has 0 aliphatic carbocycles. The lowest BCUT2D eigenvalue weighted by molar-refractivity contribution is -0.126. The molecule has 44 heavy (non-hydrogen) atoms. The number of Topliss-reactive ketones (excluding diaryl/α,β-unsaturated/α-hetero) is 1. The third-order valence-electron chi connectivity index (χ3n) is 7.48. The third kappa shape index (κ3) is 6.80. The van der Waals surface area contributed by atoms with Crippen LogP contribution in [0.1, 0.15) is 58.2 Å². The first kappa shape index (κ1) is 31.9. The van der Waals surface area contributed by atoms with Crippen LogP contribution in [0.2, 0.25) is 0 Å². The van der Waals surface area contributed by atoms with E-state index in [-0.39, 0.29) is 30.3 Å². The van der Waals surface area contributed by atoms with Crippen molar-refractivity contribution < 1.29 is 28.7 Å².